The number of rotatable bonds is 9. The first-order valence-corrected chi connectivity index (χ1v) is 7.39. The van der Waals surface area contributed by atoms with Crippen molar-refractivity contribution >= 4 is 11.9 Å². The molecule has 1 atom stereocenters. The molecule has 1 heterocycles. The molecule has 0 spiro atoms. The van der Waals surface area contributed by atoms with E-state index in [0.717, 1.165) is 5.56 Å². The van der Waals surface area contributed by atoms with Gasteiger partial charge in [0, 0.05) is 20.1 Å². The number of nitrogens with one attached hydrogen (secondary N) is 1. The largest absolute Gasteiger partial charge is 0.454 e. The lowest BCUT2D eigenvalue weighted by Gasteiger charge is -2.15. The van der Waals surface area contributed by atoms with Crippen molar-refractivity contribution in [2.45, 2.75) is 12.5 Å². The minimum Gasteiger partial charge on any atom is -0.454 e. The van der Waals surface area contributed by atoms with Gasteiger partial charge in [-0.05, 0) is 16.0 Å². The lowest BCUT2D eigenvalue weighted by atomic mass is 10.1. The molecular formula is C15H19N5O4. The number of tetrazole rings is 1. The van der Waals surface area contributed by atoms with Crippen LogP contribution in [-0.2, 0) is 25.5 Å². The predicted octanol–water partition coefficient (Wildman–Crippen LogP) is -0.237. The maximum absolute atomic E-state index is 12.3. The van der Waals surface area contributed by atoms with Crippen LogP contribution in [0.5, 0.6) is 0 Å². The fourth-order valence-electron chi connectivity index (χ4n) is 2.01. The summed E-state index contributed by atoms with van der Waals surface area (Å²) in [6, 6.07) is 8.68. The van der Waals surface area contributed by atoms with Gasteiger partial charge in [0.05, 0.1) is 6.61 Å². The van der Waals surface area contributed by atoms with Crippen molar-refractivity contribution in [3.8, 4) is 0 Å². The van der Waals surface area contributed by atoms with Gasteiger partial charge in [-0.2, -0.15) is 0 Å². The van der Waals surface area contributed by atoms with Crippen LogP contribution in [0.15, 0.2) is 36.7 Å². The fourth-order valence-corrected chi connectivity index (χ4v) is 2.01. The van der Waals surface area contributed by atoms with Crippen LogP contribution in [0.3, 0.4) is 0 Å². The van der Waals surface area contributed by atoms with Crippen LogP contribution in [0.4, 0.5) is 0 Å². The van der Waals surface area contributed by atoms with Crippen molar-refractivity contribution in [2.75, 3.05) is 26.9 Å². The summed E-state index contributed by atoms with van der Waals surface area (Å²) in [4.78, 5) is 23.9. The molecule has 0 saturated heterocycles. The Hall–Kier alpha value is -2.81. The van der Waals surface area contributed by atoms with E-state index in [4.69, 9.17) is 9.47 Å². The minimum absolute atomic E-state index is 0.354. The Morgan fingerprint density at radius 3 is 2.75 bits per heavy atom. The maximum atomic E-state index is 12.3. The summed E-state index contributed by atoms with van der Waals surface area (Å²) in [7, 11) is 1.53. The highest BCUT2D eigenvalue weighted by Crippen LogP contribution is 2.14. The first-order valence-electron chi connectivity index (χ1n) is 7.39. The molecule has 2 rings (SSSR count). The molecule has 24 heavy (non-hydrogen) atoms. The number of carbonyl (C=O) groups excluding carboxylic acids is 2. The number of nitrogens with zero attached hydrogens (tertiary/aromatic N) is 4. The van der Waals surface area contributed by atoms with Gasteiger partial charge in [0.15, 0.2) is 12.6 Å². The Bertz CT molecular complexity index is 633. The fraction of sp³-hybridized carbons (Fsp3) is 0.400. The molecule has 1 aromatic carbocycles. The van der Waals surface area contributed by atoms with Crippen molar-refractivity contribution in [2.24, 2.45) is 0 Å². The van der Waals surface area contributed by atoms with E-state index in [1.165, 1.54) is 18.1 Å². The van der Waals surface area contributed by atoms with Gasteiger partial charge >= 0.3 is 5.97 Å². The molecule has 1 N–H and O–H groups in total. The molecule has 9 nitrogen and oxygen atoms in total. The molecule has 1 aromatic heterocycles. The lowest BCUT2D eigenvalue weighted by Crippen LogP contribution is -2.33. The van der Waals surface area contributed by atoms with E-state index in [1.807, 2.05) is 30.3 Å². The van der Waals surface area contributed by atoms with Gasteiger partial charge in [0.1, 0.15) is 6.33 Å². The number of methoxy groups -OCH3 is 1. The Labute approximate surface area is 138 Å². The normalized spacial score (nSPS) is 11.7. The number of hydrogen-bond acceptors (Lipinski definition) is 7. The molecule has 0 aliphatic heterocycles. The molecule has 0 aliphatic carbocycles. The highest BCUT2D eigenvalue weighted by molar-refractivity contribution is 5.81. The van der Waals surface area contributed by atoms with Crippen LogP contribution >= 0.6 is 0 Å². The topological polar surface area (TPSA) is 108 Å². The molecule has 2 aromatic rings. The third kappa shape index (κ3) is 5.43. The zero-order chi connectivity index (χ0) is 17.2. The van der Waals surface area contributed by atoms with E-state index in [1.54, 1.807) is 0 Å². The van der Waals surface area contributed by atoms with Gasteiger partial charge in [-0.1, -0.05) is 30.3 Å². The van der Waals surface area contributed by atoms with Crippen molar-refractivity contribution in [3.05, 3.63) is 42.2 Å². The zero-order valence-electron chi connectivity index (χ0n) is 13.3. The quantitative estimate of drug-likeness (QED) is 0.498. The molecule has 0 bridgehead atoms. The van der Waals surface area contributed by atoms with E-state index in [0.29, 0.717) is 19.6 Å². The first kappa shape index (κ1) is 17.5. The Morgan fingerprint density at radius 1 is 1.29 bits per heavy atom. The number of amides is 1. The van der Waals surface area contributed by atoms with Gasteiger partial charge in [-0.15, -0.1) is 5.10 Å². The summed E-state index contributed by atoms with van der Waals surface area (Å²) in [5.74, 6) is -0.969. The summed E-state index contributed by atoms with van der Waals surface area (Å²) in [5.41, 5.74) is 0.930. The monoisotopic (exact) mass is 333 g/mol. The molecule has 128 valence electrons. The number of esters is 1. The second-order valence-corrected chi connectivity index (χ2v) is 4.95. The van der Waals surface area contributed by atoms with Crippen molar-refractivity contribution in [1.29, 1.82) is 0 Å². The molecule has 0 unspecified atom stereocenters. The number of hydrogen-bond donors (Lipinski definition) is 1. The van der Waals surface area contributed by atoms with Gasteiger partial charge in [-0.3, -0.25) is 4.79 Å². The molecule has 0 aliphatic rings. The second-order valence-electron chi connectivity index (χ2n) is 4.95. The van der Waals surface area contributed by atoms with Gasteiger partial charge < -0.3 is 14.8 Å². The van der Waals surface area contributed by atoms with Crippen LogP contribution in [0.2, 0.25) is 0 Å². The van der Waals surface area contributed by atoms with E-state index in [2.05, 4.69) is 20.8 Å². The van der Waals surface area contributed by atoms with Gasteiger partial charge in [0.2, 0.25) is 0 Å². The first-order chi connectivity index (χ1) is 11.7. The summed E-state index contributed by atoms with van der Waals surface area (Å²) in [6.45, 7) is 0.379. The standard InChI is InChI=1S/C15H19N5O4/c1-23-8-7-16-14(21)10-24-15(22)13(20-11-17-18-19-20)9-12-5-3-2-4-6-12/h2-6,11,13H,7-10H2,1H3,(H,16,21)/t13-/m0/s1. The zero-order valence-corrected chi connectivity index (χ0v) is 13.3. The van der Waals surface area contributed by atoms with Crippen LogP contribution in [0.1, 0.15) is 11.6 Å². The van der Waals surface area contributed by atoms with Crippen molar-refractivity contribution in [3.63, 3.8) is 0 Å². The Morgan fingerprint density at radius 2 is 2.08 bits per heavy atom. The van der Waals surface area contributed by atoms with E-state index in [-0.39, 0.29) is 6.61 Å². The number of ether oxygens (including phenoxy) is 2. The lowest BCUT2D eigenvalue weighted by molar-refractivity contribution is -0.152. The molecule has 0 radical (unpaired) electrons. The van der Waals surface area contributed by atoms with Crippen LogP contribution in [0, 0.1) is 0 Å². The number of benzene rings is 1. The van der Waals surface area contributed by atoms with Gasteiger partial charge in [0.25, 0.3) is 5.91 Å². The van der Waals surface area contributed by atoms with Crippen molar-refractivity contribution < 1.29 is 19.1 Å². The summed E-state index contributed by atoms with van der Waals surface area (Å²) >= 11 is 0. The third-order valence-electron chi connectivity index (χ3n) is 3.20. The van der Waals surface area contributed by atoms with E-state index < -0.39 is 17.9 Å². The van der Waals surface area contributed by atoms with Crippen molar-refractivity contribution in [1.82, 2.24) is 25.5 Å². The highest BCUT2D eigenvalue weighted by Gasteiger charge is 2.24. The van der Waals surface area contributed by atoms with Gasteiger partial charge in [-0.25, -0.2) is 9.48 Å². The highest BCUT2D eigenvalue weighted by atomic mass is 16.5. The molecule has 0 fully saturated rings. The molecule has 1 amide bonds. The summed E-state index contributed by atoms with van der Waals surface area (Å²) in [5, 5.41) is 13.4. The average Bonchev–Trinajstić information content (AvgIpc) is 3.13. The van der Waals surface area contributed by atoms with E-state index in [9.17, 15) is 9.59 Å². The van der Waals surface area contributed by atoms with Crippen LogP contribution < -0.4 is 5.32 Å². The summed E-state index contributed by atoms with van der Waals surface area (Å²) < 4.78 is 11.2. The average molecular weight is 333 g/mol. The second kappa shape index (κ2) is 9.36. The predicted molar refractivity (Wildman–Crippen MR) is 82.8 cm³/mol. The third-order valence-corrected chi connectivity index (χ3v) is 3.20. The molecule has 9 heteroatoms. The Balaban J connectivity index is 1.94. The van der Waals surface area contributed by atoms with Crippen LogP contribution in [-0.4, -0.2) is 59.0 Å². The summed E-state index contributed by atoms with van der Waals surface area (Å²) in [6.07, 6.45) is 1.70. The van der Waals surface area contributed by atoms with E-state index >= 15 is 0 Å². The smallest absolute Gasteiger partial charge is 0.331 e. The minimum atomic E-state index is -0.742. The SMILES string of the molecule is COCCNC(=O)COC(=O)[C@H](Cc1ccccc1)n1cnnn1. The van der Waals surface area contributed by atoms with Crippen LogP contribution in [0.25, 0.3) is 0 Å². The number of aromatic nitrogens is 4. The molecular weight excluding hydrogens is 314 g/mol. The Kier molecular flexibility index (Phi) is 6.84. The maximum Gasteiger partial charge on any atom is 0.331 e. The number of carbonyl (C=O) groups is 2. The molecule has 0 saturated carbocycles.